The van der Waals surface area contributed by atoms with Crippen molar-refractivity contribution >= 4 is 53.4 Å². The van der Waals surface area contributed by atoms with Crippen molar-refractivity contribution in [2.75, 3.05) is 17.1 Å². The van der Waals surface area contributed by atoms with Crippen LogP contribution in [0, 0.1) is 5.82 Å². The van der Waals surface area contributed by atoms with Crippen LogP contribution in [0.2, 0.25) is 0 Å². The number of nitrogens with one attached hydrogen (secondary N) is 2. The number of pyridine rings is 1. The summed E-state index contributed by atoms with van der Waals surface area (Å²) in [7, 11) is -2.43. The Morgan fingerprint density at radius 3 is 2.57 bits per heavy atom. The van der Waals surface area contributed by atoms with E-state index in [1.54, 1.807) is 7.05 Å². The Labute approximate surface area is 138 Å². The molecule has 0 unspecified atom stereocenters. The van der Waals surface area contributed by atoms with Gasteiger partial charge in [-0.05, 0) is 40.2 Å². The molecule has 1 aromatic carbocycles. The van der Waals surface area contributed by atoms with E-state index in [0.29, 0.717) is 8.95 Å². The maximum absolute atomic E-state index is 13.7. The summed E-state index contributed by atoms with van der Waals surface area (Å²) in [6.45, 7) is 0. The van der Waals surface area contributed by atoms with Gasteiger partial charge in [0.05, 0.1) is 5.69 Å². The van der Waals surface area contributed by atoms with E-state index in [0.717, 1.165) is 0 Å². The maximum Gasteiger partial charge on any atom is 0.265 e. The molecule has 2 N–H and O–H groups in total. The molecule has 2 rings (SSSR count). The van der Waals surface area contributed by atoms with Gasteiger partial charge in [0.15, 0.2) is 0 Å². The van der Waals surface area contributed by atoms with Crippen LogP contribution in [0.1, 0.15) is 0 Å². The van der Waals surface area contributed by atoms with Gasteiger partial charge < -0.3 is 5.32 Å². The molecule has 112 valence electrons. The lowest BCUT2D eigenvalue weighted by molar-refractivity contribution is 0.598. The lowest BCUT2D eigenvalue weighted by Gasteiger charge is -2.12. The number of benzene rings is 1. The van der Waals surface area contributed by atoms with Gasteiger partial charge in [-0.25, -0.2) is 17.8 Å². The van der Waals surface area contributed by atoms with Crippen LogP contribution in [0.4, 0.5) is 15.9 Å². The first-order valence-electron chi connectivity index (χ1n) is 5.64. The van der Waals surface area contributed by atoms with Gasteiger partial charge >= 0.3 is 0 Å². The quantitative estimate of drug-likeness (QED) is 0.765. The van der Waals surface area contributed by atoms with Crippen LogP contribution in [0.15, 0.2) is 44.3 Å². The molecule has 21 heavy (non-hydrogen) atoms. The van der Waals surface area contributed by atoms with E-state index in [9.17, 15) is 12.8 Å². The lowest BCUT2D eigenvalue weighted by Crippen LogP contribution is -2.16. The summed E-state index contributed by atoms with van der Waals surface area (Å²) in [5.74, 6) is -0.503. The number of hydrogen-bond donors (Lipinski definition) is 2. The smallest absolute Gasteiger partial charge is 0.265 e. The molecular formula is C12H10Br2FN3O2S. The summed E-state index contributed by atoms with van der Waals surface area (Å²) in [6, 6.07) is 5.38. The molecule has 1 aromatic heterocycles. The number of nitrogens with zero attached hydrogens (tertiary/aromatic N) is 1. The van der Waals surface area contributed by atoms with Gasteiger partial charge in [-0.1, -0.05) is 15.9 Å². The van der Waals surface area contributed by atoms with Crippen molar-refractivity contribution < 1.29 is 12.8 Å². The normalized spacial score (nSPS) is 11.2. The van der Waals surface area contributed by atoms with E-state index in [1.165, 1.54) is 30.5 Å². The van der Waals surface area contributed by atoms with Gasteiger partial charge in [0.2, 0.25) is 0 Å². The van der Waals surface area contributed by atoms with E-state index in [1.807, 2.05) is 0 Å². The van der Waals surface area contributed by atoms with Crippen molar-refractivity contribution in [2.45, 2.75) is 4.90 Å². The summed E-state index contributed by atoms with van der Waals surface area (Å²) in [6.07, 6.45) is 1.46. The van der Waals surface area contributed by atoms with Crippen LogP contribution in [0.25, 0.3) is 0 Å². The standard InChI is InChI=1S/C12H10Br2FN3O2S/c1-16-12-11(5-8(14)6-17-12)21(19,20)18-10-4-7(13)2-3-9(10)15/h2-6,18H,1H3,(H,16,17). The largest absolute Gasteiger partial charge is 0.372 e. The second kappa shape index (κ2) is 6.29. The third-order valence-corrected chi connectivity index (χ3v) is 4.82. The minimum atomic E-state index is -3.98. The fourth-order valence-electron chi connectivity index (χ4n) is 1.59. The van der Waals surface area contributed by atoms with Gasteiger partial charge in [-0.15, -0.1) is 0 Å². The van der Waals surface area contributed by atoms with E-state index in [-0.39, 0.29) is 16.4 Å². The average molecular weight is 439 g/mol. The Kier molecular flexibility index (Phi) is 4.84. The van der Waals surface area contributed by atoms with Gasteiger partial charge in [-0.3, -0.25) is 4.72 Å². The summed E-state index contributed by atoms with van der Waals surface area (Å²) in [5.41, 5.74) is -0.147. The Morgan fingerprint density at radius 1 is 1.19 bits per heavy atom. The SMILES string of the molecule is CNc1ncc(Br)cc1S(=O)(=O)Nc1cc(Br)ccc1F. The van der Waals surface area contributed by atoms with E-state index in [2.05, 4.69) is 46.9 Å². The Morgan fingerprint density at radius 2 is 1.90 bits per heavy atom. The molecule has 0 aliphatic rings. The second-order valence-corrected chi connectivity index (χ2v) is 7.46. The number of rotatable bonds is 4. The fourth-order valence-corrected chi connectivity index (χ4v) is 3.68. The highest BCUT2D eigenvalue weighted by atomic mass is 79.9. The fraction of sp³-hybridized carbons (Fsp3) is 0.0833. The highest BCUT2D eigenvalue weighted by Crippen LogP contribution is 2.27. The highest BCUT2D eigenvalue weighted by molar-refractivity contribution is 9.10. The van der Waals surface area contributed by atoms with Gasteiger partial charge in [0, 0.05) is 22.2 Å². The predicted molar refractivity (Wildman–Crippen MR) is 86.4 cm³/mol. The molecule has 5 nitrogen and oxygen atoms in total. The Bertz CT molecular complexity index is 784. The van der Waals surface area contributed by atoms with Gasteiger partial charge in [0.25, 0.3) is 10.0 Å². The molecule has 0 bridgehead atoms. The molecule has 1 heterocycles. The number of hydrogen-bond acceptors (Lipinski definition) is 4. The van der Waals surface area contributed by atoms with E-state index >= 15 is 0 Å². The van der Waals surface area contributed by atoms with E-state index in [4.69, 9.17) is 0 Å². The van der Waals surface area contributed by atoms with Crippen molar-refractivity contribution in [1.29, 1.82) is 0 Å². The third kappa shape index (κ3) is 3.72. The van der Waals surface area contributed by atoms with Crippen molar-refractivity contribution in [2.24, 2.45) is 0 Å². The van der Waals surface area contributed by atoms with Crippen LogP contribution < -0.4 is 10.0 Å². The Hall–Kier alpha value is -1.19. The molecule has 2 aromatic rings. The van der Waals surface area contributed by atoms with Crippen LogP contribution in [0.3, 0.4) is 0 Å². The number of aromatic nitrogens is 1. The van der Waals surface area contributed by atoms with Gasteiger partial charge in [0.1, 0.15) is 16.5 Å². The highest BCUT2D eigenvalue weighted by Gasteiger charge is 2.21. The molecule has 0 aliphatic heterocycles. The molecule has 0 amide bonds. The first-order valence-corrected chi connectivity index (χ1v) is 8.71. The van der Waals surface area contributed by atoms with Crippen molar-refractivity contribution in [3.8, 4) is 0 Å². The monoisotopic (exact) mass is 437 g/mol. The summed E-state index contributed by atoms with van der Waals surface area (Å²) in [5, 5.41) is 2.69. The van der Waals surface area contributed by atoms with Crippen molar-refractivity contribution in [1.82, 2.24) is 4.98 Å². The van der Waals surface area contributed by atoms with Gasteiger partial charge in [-0.2, -0.15) is 0 Å². The maximum atomic E-state index is 13.7. The van der Waals surface area contributed by atoms with Crippen molar-refractivity contribution in [3.05, 3.63) is 45.2 Å². The zero-order chi connectivity index (χ0) is 15.6. The zero-order valence-electron chi connectivity index (χ0n) is 10.7. The first kappa shape index (κ1) is 16.2. The molecule has 9 heteroatoms. The van der Waals surface area contributed by atoms with Crippen LogP contribution in [0.5, 0.6) is 0 Å². The minimum Gasteiger partial charge on any atom is -0.372 e. The minimum absolute atomic E-state index is 0.0845. The molecular weight excluding hydrogens is 429 g/mol. The molecule has 0 radical (unpaired) electrons. The zero-order valence-corrected chi connectivity index (χ0v) is 14.7. The summed E-state index contributed by atoms with van der Waals surface area (Å²) in [4.78, 5) is 3.88. The second-order valence-electron chi connectivity index (χ2n) is 3.98. The Balaban J connectivity index is 2.48. The number of anilines is 2. The number of sulfonamides is 1. The summed E-state index contributed by atoms with van der Waals surface area (Å²) < 4.78 is 41.8. The molecule has 0 saturated heterocycles. The average Bonchev–Trinajstić information content (AvgIpc) is 2.42. The predicted octanol–water partition coefficient (Wildman–Crippen LogP) is 3.59. The van der Waals surface area contributed by atoms with E-state index < -0.39 is 15.8 Å². The summed E-state index contributed by atoms with van der Waals surface area (Å²) >= 11 is 6.33. The number of halogens is 3. The molecule has 0 fully saturated rings. The molecule has 0 aliphatic carbocycles. The topological polar surface area (TPSA) is 71.1 Å². The molecule has 0 atom stereocenters. The lowest BCUT2D eigenvalue weighted by atomic mass is 10.3. The van der Waals surface area contributed by atoms with Crippen LogP contribution in [-0.2, 0) is 10.0 Å². The first-order chi connectivity index (χ1) is 9.83. The third-order valence-electron chi connectivity index (χ3n) is 2.52. The van der Waals surface area contributed by atoms with Crippen molar-refractivity contribution in [3.63, 3.8) is 0 Å². The van der Waals surface area contributed by atoms with Crippen LogP contribution in [-0.4, -0.2) is 20.4 Å². The molecule has 0 saturated carbocycles. The van der Waals surface area contributed by atoms with Crippen LogP contribution >= 0.6 is 31.9 Å². The molecule has 0 spiro atoms.